The highest BCUT2D eigenvalue weighted by Crippen LogP contribution is 2.22. The summed E-state index contributed by atoms with van der Waals surface area (Å²) in [5.74, 6) is 0.692. The molecule has 0 fully saturated rings. The number of aromatic amines is 1. The van der Waals surface area contributed by atoms with Gasteiger partial charge in [-0.2, -0.15) is 0 Å². The maximum Gasteiger partial charge on any atom is 0.264 e. The Morgan fingerprint density at radius 2 is 2.06 bits per heavy atom. The molecule has 0 unspecified atom stereocenters. The normalized spacial score (nSPS) is 11.8. The maximum absolute atomic E-state index is 11.7. The van der Waals surface area contributed by atoms with Crippen molar-refractivity contribution in [1.29, 1.82) is 0 Å². The van der Waals surface area contributed by atoms with Crippen LogP contribution < -0.4 is 5.56 Å². The highest BCUT2D eigenvalue weighted by molar-refractivity contribution is 14.1. The lowest BCUT2D eigenvalue weighted by atomic mass is 9.92. The van der Waals surface area contributed by atoms with Gasteiger partial charge in [-0.05, 0) is 22.6 Å². The quantitative estimate of drug-likeness (QED) is 0.858. The first-order valence-electron chi connectivity index (χ1n) is 5.14. The number of rotatable bonds is 3. The molecule has 0 aromatic carbocycles. The van der Waals surface area contributed by atoms with Gasteiger partial charge < -0.3 is 9.72 Å². The number of halogens is 1. The van der Waals surface area contributed by atoms with Crippen LogP contribution in [0.3, 0.4) is 0 Å². The van der Waals surface area contributed by atoms with Gasteiger partial charge in [0, 0.05) is 18.9 Å². The Hall–Kier alpha value is -0.430. The zero-order valence-corrected chi connectivity index (χ0v) is 12.2. The largest absolute Gasteiger partial charge is 0.384 e. The van der Waals surface area contributed by atoms with Crippen molar-refractivity contribution in [2.24, 2.45) is 0 Å². The second-order valence-corrected chi connectivity index (χ2v) is 5.75. The van der Waals surface area contributed by atoms with E-state index in [-0.39, 0.29) is 11.0 Å². The van der Waals surface area contributed by atoms with Crippen LogP contribution in [0.2, 0.25) is 0 Å². The highest BCUT2D eigenvalue weighted by Gasteiger charge is 2.21. The first kappa shape index (κ1) is 13.6. The zero-order valence-electron chi connectivity index (χ0n) is 10.1. The molecular formula is C11H17IN2O2. The van der Waals surface area contributed by atoms with E-state index in [1.807, 2.05) is 22.6 Å². The van der Waals surface area contributed by atoms with E-state index in [9.17, 15) is 4.79 Å². The van der Waals surface area contributed by atoms with Crippen LogP contribution in [0.4, 0.5) is 0 Å². The molecule has 0 aliphatic heterocycles. The summed E-state index contributed by atoms with van der Waals surface area (Å²) in [5, 5.41) is 0. The molecule has 5 heteroatoms. The summed E-state index contributed by atoms with van der Waals surface area (Å²) in [4.78, 5) is 19.0. The van der Waals surface area contributed by atoms with Crippen LogP contribution in [0.25, 0.3) is 0 Å². The van der Waals surface area contributed by atoms with E-state index in [0.29, 0.717) is 22.4 Å². The summed E-state index contributed by atoms with van der Waals surface area (Å²) < 4.78 is 5.65. The predicted octanol–water partition coefficient (Wildman–Crippen LogP) is 1.86. The van der Waals surface area contributed by atoms with Crippen molar-refractivity contribution in [3.8, 4) is 0 Å². The van der Waals surface area contributed by atoms with Crippen LogP contribution in [0.1, 0.15) is 32.3 Å². The van der Waals surface area contributed by atoms with Gasteiger partial charge in [0.25, 0.3) is 5.56 Å². The van der Waals surface area contributed by atoms with Crippen molar-refractivity contribution in [2.45, 2.75) is 32.6 Å². The lowest BCUT2D eigenvalue weighted by Gasteiger charge is -2.19. The third-order valence-electron chi connectivity index (χ3n) is 2.17. The monoisotopic (exact) mass is 336 g/mol. The molecule has 1 rings (SSSR count). The van der Waals surface area contributed by atoms with E-state index in [1.54, 1.807) is 7.11 Å². The van der Waals surface area contributed by atoms with Crippen molar-refractivity contribution in [3.05, 3.63) is 25.4 Å². The minimum atomic E-state index is -0.118. The van der Waals surface area contributed by atoms with Crippen LogP contribution in [0.15, 0.2) is 4.79 Å². The molecule has 1 heterocycles. The van der Waals surface area contributed by atoms with Gasteiger partial charge in [0.15, 0.2) is 0 Å². The molecule has 0 spiro atoms. The summed E-state index contributed by atoms with van der Waals surface area (Å²) in [6, 6.07) is 0. The Bertz CT molecular complexity index is 421. The Morgan fingerprint density at radius 1 is 1.44 bits per heavy atom. The standard InChI is InChI=1S/C11H17IN2O2/c1-11(2,3)9-8(12)10(15)14-7(13-9)5-6-16-4/h5-6H2,1-4H3,(H,13,14,15). The van der Waals surface area contributed by atoms with Crippen LogP contribution in [-0.2, 0) is 16.6 Å². The van der Waals surface area contributed by atoms with E-state index in [2.05, 4.69) is 30.7 Å². The second kappa shape index (κ2) is 5.27. The number of ether oxygens (including phenoxy) is 1. The topological polar surface area (TPSA) is 55.0 Å². The van der Waals surface area contributed by atoms with Crippen molar-refractivity contribution in [3.63, 3.8) is 0 Å². The Kier molecular flexibility index (Phi) is 4.49. The van der Waals surface area contributed by atoms with Crippen LogP contribution in [0, 0.1) is 3.57 Å². The average molecular weight is 336 g/mol. The number of nitrogens with one attached hydrogen (secondary N) is 1. The Labute approximate surface area is 109 Å². The Balaban J connectivity index is 3.18. The van der Waals surface area contributed by atoms with E-state index in [4.69, 9.17) is 4.74 Å². The fourth-order valence-electron chi connectivity index (χ4n) is 1.32. The van der Waals surface area contributed by atoms with Crippen molar-refractivity contribution >= 4 is 22.6 Å². The summed E-state index contributed by atoms with van der Waals surface area (Å²) in [6.45, 7) is 6.72. The maximum atomic E-state index is 11.7. The minimum Gasteiger partial charge on any atom is -0.384 e. The second-order valence-electron chi connectivity index (χ2n) is 4.67. The van der Waals surface area contributed by atoms with Crippen LogP contribution in [-0.4, -0.2) is 23.7 Å². The Morgan fingerprint density at radius 3 is 2.56 bits per heavy atom. The van der Waals surface area contributed by atoms with Gasteiger partial charge in [-0.1, -0.05) is 20.8 Å². The fraction of sp³-hybridized carbons (Fsp3) is 0.636. The molecule has 0 saturated heterocycles. The number of hydrogen-bond donors (Lipinski definition) is 1. The van der Waals surface area contributed by atoms with Crippen molar-refractivity contribution < 1.29 is 4.74 Å². The molecule has 1 aromatic heterocycles. The number of nitrogens with zero attached hydrogens (tertiary/aromatic N) is 1. The van der Waals surface area contributed by atoms with Crippen molar-refractivity contribution in [1.82, 2.24) is 9.97 Å². The van der Waals surface area contributed by atoms with Crippen LogP contribution in [0.5, 0.6) is 0 Å². The molecule has 0 amide bonds. The van der Waals surface area contributed by atoms with E-state index in [1.165, 1.54) is 0 Å². The molecule has 0 bridgehead atoms. The van der Waals surface area contributed by atoms with Gasteiger partial charge in [0.1, 0.15) is 9.39 Å². The number of H-pyrrole nitrogens is 1. The predicted molar refractivity (Wildman–Crippen MR) is 71.9 cm³/mol. The van der Waals surface area contributed by atoms with Gasteiger partial charge in [-0.3, -0.25) is 4.79 Å². The first-order valence-corrected chi connectivity index (χ1v) is 6.22. The molecule has 0 aliphatic rings. The molecule has 0 radical (unpaired) electrons. The van der Waals surface area contributed by atoms with E-state index < -0.39 is 0 Å². The zero-order chi connectivity index (χ0) is 12.3. The molecule has 0 aliphatic carbocycles. The number of hydrogen-bond acceptors (Lipinski definition) is 3. The lowest BCUT2D eigenvalue weighted by molar-refractivity contribution is 0.200. The summed E-state index contributed by atoms with van der Waals surface area (Å²) >= 11 is 2.05. The van der Waals surface area contributed by atoms with E-state index in [0.717, 1.165) is 5.69 Å². The number of aromatic nitrogens is 2. The summed E-state index contributed by atoms with van der Waals surface area (Å²) in [7, 11) is 1.63. The first-order chi connectivity index (χ1) is 7.36. The van der Waals surface area contributed by atoms with Gasteiger partial charge >= 0.3 is 0 Å². The minimum absolute atomic E-state index is 0.0633. The fourth-order valence-corrected chi connectivity index (χ4v) is 2.38. The molecule has 1 aromatic rings. The average Bonchev–Trinajstić information content (AvgIpc) is 2.17. The summed E-state index contributed by atoms with van der Waals surface area (Å²) in [6.07, 6.45) is 0.631. The van der Waals surface area contributed by atoms with E-state index >= 15 is 0 Å². The molecule has 0 saturated carbocycles. The molecule has 0 atom stereocenters. The van der Waals surface area contributed by atoms with Gasteiger partial charge in [0.2, 0.25) is 0 Å². The SMILES string of the molecule is COCCc1nc(C(C)(C)C)c(I)c(=O)[nH]1. The third kappa shape index (κ3) is 3.28. The lowest BCUT2D eigenvalue weighted by Crippen LogP contribution is -2.25. The molecule has 16 heavy (non-hydrogen) atoms. The molecule has 4 nitrogen and oxygen atoms in total. The molecule has 90 valence electrons. The van der Waals surface area contributed by atoms with Gasteiger partial charge in [-0.15, -0.1) is 0 Å². The van der Waals surface area contributed by atoms with Crippen LogP contribution >= 0.6 is 22.6 Å². The molecular weight excluding hydrogens is 319 g/mol. The summed E-state index contributed by atoms with van der Waals surface area (Å²) in [5.41, 5.74) is 0.668. The smallest absolute Gasteiger partial charge is 0.264 e. The van der Waals surface area contributed by atoms with Crippen molar-refractivity contribution in [2.75, 3.05) is 13.7 Å². The molecule has 1 N–H and O–H groups in total. The third-order valence-corrected chi connectivity index (χ3v) is 3.17. The van der Waals surface area contributed by atoms with Gasteiger partial charge in [0.05, 0.1) is 12.3 Å². The highest BCUT2D eigenvalue weighted by atomic mass is 127. The van der Waals surface area contributed by atoms with Gasteiger partial charge in [-0.25, -0.2) is 4.98 Å². The number of methoxy groups -OCH3 is 1.